The molecule has 4 rings (SSSR count). The number of anilines is 2. The maximum Gasteiger partial charge on any atom is 0.235 e. The van der Waals surface area contributed by atoms with Crippen LogP contribution in [0.25, 0.3) is 0 Å². The molecule has 1 N–H and O–H groups in total. The second kappa shape index (κ2) is 7.38. The topological polar surface area (TPSA) is 50.8 Å². The van der Waals surface area contributed by atoms with E-state index < -0.39 is 5.41 Å². The van der Waals surface area contributed by atoms with Crippen LogP contribution < -0.4 is 19.7 Å². The average molecular weight is 380 g/mol. The van der Waals surface area contributed by atoms with Crippen molar-refractivity contribution < 1.29 is 14.3 Å². The molecule has 1 fully saturated rings. The zero-order valence-electron chi connectivity index (χ0n) is 16.9. The summed E-state index contributed by atoms with van der Waals surface area (Å²) in [4.78, 5) is 15.5. The molecular formula is C23H28N2O3. The summed E-state index contributed by atoms with van der Waals surface area (Å²) in [6, 6.07) is 12.1. The Labute approximate surface area is 166 Å². The van der Waals surface area contributed by atoms with Crippen molar-refractivity contribution in [3.8, 4) is 11.5 Å². The largest absolute Gasteiger partial charge is 0.486 e. The van der Waals surface area contributed by atoms with Gasteiger partial charge in [0.05, 0.1) is 5.41 Å². The molecule has 5 heteroatoms. The number of hydrogen-bond acceptors (Lipinski definition) is 4. The van der Waals surface area contributed by atoms with Crippen LogP contribution in [0, 0.1) is 6.92 Å². The van der Waals surface area contributed by atoms with Crippen molar-refractivity contribution in [3.63, 3.8) is 0 Å². The van der Waals surface area contributed by atoms with E-state index in [-0.39, 0.29) is 5.91 Å². The smallest absolute Gasteiger partial charge is 0.235 e. The average Bonchev–Trinajstić information content (AvgIpc) is 3.52. The third kappa shape index (κ3) is 3.30. The number of ether oxygens (including phenoxy) is 2. The quantitative estimate of drug-likeness (QED) is 0.813. The third-order valence-electron chi connectivity index (χ3n) is 5.87. The van der Waals surface area contributed by atoms with E-state index in [1.54, 1.807) is 0 Å². The van der Waals surface area contributed by atoms with E-state index in [1.807, 2.05) is 31.2 Å². The minimum absolute atomic E-state index is 0.0582. The first-order valence-electron chi connectivity index (χ1n) is 10.1. The normalized spacial score (nSPS) is 16.4. The van der Waals surface area contributed by atoms with Crippen LogP contribution in [-0.4, -0.2) is 32.2 Å². The number of hydrogen-bond donors (Lipinski definition) is 1. The molecule has 1 aliphatic carbocycles. The highest BCUT2D eigenvalue weighted by molar-refractivity contribution is 6.02. The summed E-state index contributed by atoms with van der Waals surface area (Å²) in [5.74, 6) is 1.56. The Hall–Kier alpha value is -2.69. The summed E-state index contributed by atoms with van der Waals surface area (Å²) in [7, 11) is 0. The van der Waals surface area contributed by atoms with Crippen LogP contribution in [0.2, 0.25) is 0 Å². The molecule has 0 saturated heterocycles. The van der Waals surface area contributed by atoms with Crippen LogP contribution in [0.1, 0.15) is 37.8 Å². The van der Waals surface area contributed by atoms with E-state index in [1.165, 1.54) is 5.69 Å². The number of nitrogens with one attached hydrogen (secondary N) is 1. The second-order valence-corrected chi connectivity index (χ2v) is 7.57. The lowest BCUT2D eigenvalue weighted by atomic mass is 9.94. The number of carbonyl (C=O) groups excluding carboxylic acids is 1. The first kappa shape index (κ1) is 18.7. The molecule has 1 saturated carbocycles. The predicted molar refractivity (Wildman–Crippen MR) is 112 cm³/mol. The molecule has 0 bridgehead atoms. The van der Waals surface area contributed by atoms with E-state index in [2.05, 4.69) is 36.2 Å². The molecule has 0 aromatic heterocycles. The zero-order chi connectivity index (χ0) is 19.7. The van der Waals surface area contributed by atoms with Gasteiger partial charge in [-0.25, -0.2) is 0 Å². The fourth-order valence-electron chi connectivity index (χ4n) is 3.93. The summed E-state index contributed by atoms with van der Waals surface area (Å²) < 4.78 is 11.3. The lowest BCUT2D eigenvalue weighted by molar-refractivity contribution is -0.118. The van der Waals surface area contributed by atoms with E-state index in [0.29, 0.717) is 13.2 Å². The first-order valence-corrected chi connectivity index (χ1v) is 10.1. The van der Waals surface area contributed by atoms with Gasteiger partial charge in [0.15, 0.2) is 11.5 Å². The van der Waals surface area contributed by atoms with Gasteiger partial charge >= 0.3 is 0 Å². The molecule has 2 aromatic carbocycles. The molecule has 0 spiro atoms. The molecule has 1 heterocycles. The summed E-state index contributed by atoms with van der Waals surface area (Å²) in [6.45, 7) is 9.40. The molecule has 148 valence electrons. The molecular weight excluding hydrogens is 352 g/mol. The van der Waals surface area contributed by atoms with Gasteiger partial charge in [0.1, 0.15) is 13.2 Å². The van der Waals surface area contributed by atoms with Gasteiger partial charge in [-0.1, -0.05) is 6.07 Å². The number of aryl methyl sites for hydroxylation is 1. The standard InChI is InChI=1S/C23H28N2O3/c1-4-25(5-2)18-7-8-19(16(3)14-18)24-22(26)23(10-11-23)17-6-9-20-21(15-17)28-13-12-27-20/h6-9,14-15H,4-5,10-13H2,1-3H3,(H,24,26). The number of carbonyl (C=O) groups is 1. The van der Waals surface area contributed by atoms with Crippen molar-refractivity contribution >= 4 is 17.3 Å². The van der Waals surface area contributed by atoms with Crippen LogP contribution in [0.5, 0.6) is 11.5 Å². The number of amides is 1. The van der Waals surface area contributed by atoms with Gasteiger partial charge in [-0.2, -0.15) is 0 Å². The number of rotatable bonds is 6. The van der Waals surface area contributed by atoms with E-state index >= 15 is 0 Å². The van der Waals surface area contributed by atoms with Crippen molar-refractivity contribution in [3.05, 3.63) is 47.5 Å². The van der Waals surface area contributed by atoms with Gasteiger partial charge in [0.2, 0.25) is 5.91 Å². The molecule has 1 aliphatic heterocycles. The van der Waals surface area contributed by atoms with Gasteiger partial charge < -0.3 is 19.7 Å². The zero-order valence-corrected chi connectivity index (χ0v) is 16.9. The Morgan fingerprint density at radius 2 is 1.75 bits per heavy atom. The third-order valence-corrected chi connectivity index (χ3v) is 5.87. The molecule has 2 aliphatic rings. The molecule has 2 aromatic rings. The second-order valence-electron chi connectivity index (χ2n) is 7.57. The highest BCUT2D eigenvalue weighted by Crippen LogP contribution is 2.51. The molecule has 0 unspecified atom stereocenters. The van der Waals surface area contributed by atoms with Crippen molar-refractivity contribution in [2.24, 2.45) is 0 Å². The highest BCUT2D eigenvalue weighted by Gasteiger charge is 2.51. The van der Waals surface area contributed by atoms with Gasteiger partial charge in [-0.15, -0.1) is 0 Å². The van der Waals surface area contributed by atoms with Crippen LogP contribution in [0.3, 0.4) is 0 Å². The number of benzene rings is 2. The SMILES string of the molecule is CCN(CC)c1ccc(NC(=O)C2(c3ccc4c(c3)OCCO4)CC2)c(C)c1. The van der Waals surface area contributed by atoms with Crippen molar-refractivity contribution in [1.82, 2.24) is 0 Å². The molecule has 0 atom stereocenters. The minimum atomic E-state index is -0.459. The van der Waals surface area contributed by atoms with Crippen LogP contribution in [0.15, 0.2) is 36.4 Å². The van der Waals surface area contributed by atoms with Crippen LogP contribution >= 0.6 is 0 Å². The molecule has 28 heavy (non-hydrogen) atoms. The van der Waals surface area contributed by atoms with E-state index in [9.17, 15) is 4.79 Å². The number of nitrogens with zero attached hydrogens (tertiary/aromatic N) is 1. The molecule has 0 radical (unpaired) electrons. The van der Waals surface area contributed by atoms with E-state index in [4.69, 9.17) is 9.47 Å². The van der Waals surface area contributed by atoms with E-state index in [0.717, 1.165) is 54.2 Å². The lowest BCUT2D eigenvalue weighted by Crippen LogP contribution is -2.28. The maximum absolute atomic E-state index is 13.2. The minimum Gasteiger partial charge on any atom is -0.486 e. The molecule has 5 nitrogen and oxygen atoms in total. The summed E-state index contributed by atoms with van der Waals surface area (Å²) in [6.07, 6.45) is 1.71. The fraction of sp³-hybridized carbons (Fsp3) is 0.435. The summed E-state index contributed by atoms with van der Waals surface area (Å²) in [5.41, 5.74) is 3.69. The van der Waals surface area contributed by atoms with Crippen molar-refractivity contribution in [1.29, 1.82) is 0 Å². The van der Waals surface area contributed by atoms with Gasteiger partial charge in [0, 0.05) is 24.5 Å². The number of fused-ring (bicyclic) bond motifs is 1. The Kier molecular flexibility index (Phi) is 4.92. The Balaban J connectivity index is 1.54. The first-order chi connectivity index (χ1) is 13.6. The van der Waals surface area contributed by atoms with Crippen LogP contribution in [-0.2, 0) is 10.2 Å². The van der Waals surface area contributed by atoms with Crippen LogP contribution in [0.4, 0.5) is 11.4 Å². The van der Waals surface area contributed by atoms with Gasteiger partial charge in [-0.05, 0) is 75.1 Å². The van der Waals surface area contributed by atoms with Crippen molar-refractivity contribution in [2.45, 2.75) is 39.0 Å². The summed E-state index contributed by atoms with van der Waals surface area (Å²) >= 11 is 0. The lowest BCUT2D eigenvalue weighted by Gasteiger charge is -2.23. The highest BCUT2D eigenvalue weighted by atomic mass is 16.6. The fourth-order valence-corrected chi connectivity index (χ4v) is 3.93. The van der Waals surface area contributed by atoms with Gasteiger partial charge in [-0.3, -0.25) is 4.79 Å². The summed E-state index contributed by atoms with van der Waals surface area (Å²) in [5, 5.41) is 3.16. The monoisotopic (exact) mass is 380 g/mol. The molecule has 1 amide bonds. The Bertz CT molecular complexity index is 885. The Morgan fingerprint density at radius 1 is 1.04 bits per heavy atom. The Morgan fingerprint density at radius 3 is 2.39 bits per heavy atom. The maximum atomic E-state index is 13.2. The van der Waals surface area contributed by atoms with Gasteiger partial charge in [0.25, 0.3) is 0 Å². The predicted octanol–water partition coefficient (Wildman–Crippen LogP) is 4.28. The van der Waals surface area contributed by atoms with Crippen molar-refractivity contribution in [2.75, 3.05) is 36.5 Å².